The van der Waals surface area contributed by atoms with Crippen molar-refractivity contribution < 1.29 is 9.90 Å². The second kappa shape index (κ2) is 4.43. The minimum Gasteiger partial charge on any atom is -0.390 e. The summed E-state index contributed by atoms with van der Waals surface area (Å²) >= 11 is 11.2. The number of rotatable bonds is 2. The Labute approximate surface area is 98.8 Å². The molecule has 1 aromatic heterocycles. The average molecular weight is 241 g/mol. The lowest BCUT2D eigenvalue weighted by Gasteiger charge is -2.20. The van der Waals surface area contributed by atoms with Gasteiger partial charge in [-0.15, -0.1) is 0 Å². The van der Waals surface area contributed by atoms with Gasteiger partial charge >= 0.3 is 0 Å². The molecule has 2 N–H and O–H groups in total. The van der Waals surface area contributed by atoms with E-state index in [2.05, 4.69) is 4.98 Å². The van der Waals surface area contributed by atoms with Crippen molar-refractivity contribution in [3.8, 4) is 0 Å². The van der Waals surface area contributed by atoms with E-state index in [1.54, 1.807) is 0 Å². The summed E-state index contributed by atoms with van der Waals surface area (Å²) in [6.45, 7) is 0. The predicted molar refractivity (Wildman–Crippen MR) is 58.2 cm³/mol. The largest absolute Gasteiger partial charge is 0.390 e. The number of halogens is 2. The summed E-state index contributed by atoms with van der Waals surface area (Å²) in [5.41, 5.74) is -2.30. The molecule has 0 fully saturated rings. The van der Waals surface area contributed by atoms with Crippen molar-refractivity contribution in [1.29, 1.82) is 0 Å². The Morgan fingerprint density at radius 1 is 1.53 bits per heavy atom. The molecule has 0 spiro atoms. The van der Waals surface area contributed by atoms with Gasteiger partial charge < -0.3 is 10.4 Å². The summed E-state index contributed by atoms with van der Waals surface area (Å²) in [5, 5.41) is 11.1. The molecule has 8 heteroatoms. The molecule has 4 radical (unpaired) electrons. The lowest BCUT2D eigenvalue weighted by molar-refractivity contribution is 0.0840. The third kappa shape index (κ3) is 3.74. The zero-order valence-electron chi connectivity index (χ0n) is 7.37. The van der Waals surface area contributed by atoms with Crippen LogP contribution < -0.4 is 5.32 Å². The minimum absolute atomic E-state index is 0.00962. The van der Waals surface area contributed by atoms with Crippen molar-refractivity contribution in [3.63, 3.8) is 0 Å². The highest BCUT2D eigenvalue weighted by atomic mass is 35.5. The molecule has 0 aliphatic rings. The first kappa shape index (κ1) is 12.4. The predicted octanol–water partition coefficient (Wildman–Crippen LogP) is 0.0588. The van der Waals surface area contributed by atoms with Crippen molar-refractivity contribution in [2.45, 2.75) is 5.52 Å². The molecule has 0 aromatic carbocycles. The maximum absolute atomic E-state index is 11.4. The summed E-state index contributed by atoms with van der Waals surface area (Å²) < 4.78 is 0. The van der Waals surface area contributed by atoms with Gasteiger partial charge in [0.15, 0.2) is 0 Å². The topological polar surface area (TPSA) is 62.2 Å². The average Bonchev–Trinajstić information content (AvgIpc) is 1.99. The Morgan fingerprint density at radius 2 is 2.13 bits per heavy atom. The summed E-state index contributed by atoms with van der Waals surface area (Å²) in [6.07, 6.45) is 1.14. The van der Waals surface area contributed by atoms with Gasteiger partial charge in [-0.2, -0.15) is 0 Å². The Balaban J connectivity index is 2.92. The number of amides is 1. The van der Waals surface area contributed by atoms with Crippen LogP contribution in [0.1, 0.15) is 10.4 Å². The number of aliphatic hydroxyl groups is 1. The van der Waals surface area contributed by atoms with E-state index in [4.69, 9.17) is 44.0 Å². The molecule has 0 unspecified atom stereocenters. The molecule has 74 valence electrons. The Bertz CT molecular complexity index is 395. The van der Waals surface area contributed by atoms with Gasteiger partial charge in [-0.3, -0.25) is 4.79 Å². The first-order valence-corrected chi connectivity index (χ1v) is 4.49. The zero-order valence-corrected chi connectivity index (χ0v) is 8.88. The number of nitrogens with zero attached hydrogens (tertiary/aromatic N) is 1. The van der Waals surface area contributed by atoms with Gasteiger partial charge in [0.2, 0.25) is 0 Å². The molecule has 1 amide bonds. The summed E-state index contributed by atoms with van der Waals surface area (Å²) in [5.74, 6) is -0.753. The third-order valence-corrected chi connectivity index (χ3v) is 1.90. The maximum atomic E-state index is 11.4. The molecule has 1 heterocycles. The van der Waals surface area contributed by atoms with Crippen molar-refractivity contribution in [1.82, 2.24) is 10.3 Å². The van der Waals surface area contributed by atoms with Crippen LogP contribution in [0.5, 0.6) is 0 Å². The SMILES string of the molecule is [B]C([B])(O)NC(=O)c1cnc(Cl)cc1Cl. The van der Waals surface area contributed by atoms with Crippen LogP contribution in [-0.4, -0.2) is 37.2 Å². The Morgan fingerprint density at radius 3 is 2.60 bits per heavy atom. The van der Waals surface area contributed by atoms with E-state index in [9.17, 15) is 4.79 Å². The van der Waals surface area contributed by atoms with E-state index in [0.717, 1.165) is 6.20 Å². The summed E-state index contributed by atoms with van der Waals surface area (Å²) in [7, 11) is 9.93. The van der Waals surface area contributed by atoms with E-state index in [1.165, 1.54) is 6.07 Å². The molecule has 15 heavy (non-hydrogen) atoms. The highest BCUT2D eigenvalue weighted by Gasteiger charge is 2.18. The standard InChI is InChI=1S/C7H4B2Cl2N2O2/c8-7(9,15)13-6(14)3-2-12-5(11)1-4(3)10/h1-2,15H,(H,13,14). The fourth-order valence-electron chi connectivity index (χ4n) is 0.824. The fourth-order valence-corrected chi connectivity index (χ4v) is 1.28. The second-order valence-corrected chi connectivity index (χ2v) is 3.56. The number of carbonyl (C=O) groups is 1. The molecule has 0 atom stereocenters. The molecule has 1 rings (SSSR count). The molecule has 0 aliphatic heterocycles. The van der Waals surface area contributed by atoms with Gasteiger partial charge in [0.05, 0.1) is 10.6 Å². The van der Waals surface area contributed by atoms with Gasteiger partial charge in [-0.1, -0.05) is 23.2 Å². The monoisotopic (exact) mass is 240 g/mol. The number of hydrogen-bond acceptors (Lipinski definition) is 3. The van der Waals surface area contributed by atoms with Crippen molar-refractivity contribution in [2.24, 2.45) is 0 Å². The van der Waals surface area contributed by atoms with Crippen molar-refractivity contribution >= 4 is 44.8 Å². The maximum Gasteiger partial charge on any atom is 0.255 e. The molecule has 0 aliphatic carbocycles. The van der Waals surface area contributed by atoms with Crippen LogP contribution >= 0.6 is 23.2 Å². The first-order valence-electron chi connectivity index (χ1n) is 3.73. The molecule has 4 nitrogen and oxygen atoms in total. The smallest absolute Gasteiger partial charge is 0.255 e. The van der Waals surface area contributed by atoms with Crippen LogP contribution in [0, 0.1) is 0 Å². The second-order valence-electron chi connectivity index (χ2n) is 2.77. The molecule has 0 saturated carbocycles. The van der Waals surface area contributed by atoms with Crippen molar-refractivity contribution in [3.05, 3.63) is 28.0 Å². The van der Waals surface area contributed by atoms with Crippen LogP contribution in [0.3, 0.4) is 0 Å². The Hall–Kier alpha value is -0.710. The van der Waals surface area contributed by atoms with Gasteiger partial charge in [0.1, 0.15) is 20.8 Å². The molecule has 1 aromatic rings. The van der Waals surface area contributed by atoms with E-state index >= 15 is 0 Å². The zero-order chi connectivity index (χ0) is 11.6. The number of aromatic nitrogens is 1. The van der Waals surface area contributed by atoms with Gasteiger partial charge in [-0.25, -0.2) is 4.98 Å². The minimum atomic E-state index is -2.31. The summed E-state index contributed by atoms with van der Waals surface area (Å²) in [4.78, 5) is 15.0. The number of nitrogens with one attached hydrogen (secondary N) is 1. The summed E-state index contributed by atoms with van der Waals surface area (Å²) in [6, 6.07) is 1.28. The number of carbonyl (C=O) groups excluding carboxylic acids is 1. The number of hydrogen-bond donors (Lipinski definition) is 2. The van der Waals surface area contributed by atoms with E-state index in [1.807, 2.05) is 5.32 Å². The van der Waals surface area contributed by atoms with Crippen LogP contribution in [0.4, 0.5) is 0 Å². The normalized spacial score (nSPS) is 11.1. The molecular formula is C7H4B2Cl2N2O2. The van der Waals surface area contributed by atoms with Crippen molar-refractivity contribution in [2.75, 3.05) is 0 Å². The molecular weight excluding hydrogens is 237 g/mol. The lowest BCUT2D eigenvalue weighted by atomic mass is 9.73. The molecule has 0 saturated heterocycles. The van der Waals surface area contributed by atoms with Crippen LogP contribution in [-0.2, 0) is 0 Å². The third-order valence-electron chi connectivity index (χ3n) is 1.38. The van der Waals surface area contributed by atoms with Crippen LogP contribution in [0.25, 0.3) is 0 Å². The van der Waals surface area contributed by atoms with Crippen LogP contribution in [0.15, 0.2) is 12.3 Å². The highest BCUT2D eigenvalue weighted by molar-refractivity contribution is 6.40. The van der Waals surface area contributed by atoms with E-state index in [0.29, 0.717) is 0 Å². The first-order chi connectivity index (χ1) is 6.79. The van der Waals surface area contributed by atoms with Gasteiger partial charge in [0, 0.05) is 11.7 Å². The fraction of sp³-hybridized carbons (Fsp3) is 0.143. The quantitative estimate of drug-likeness (QED) is 0.437. The molecule has 0 bridgehead atoms. The Kier molecular flexibility index (Phi) is 3.65. The van der Waals surface area contributed by atoms with Gasteiger partial charge in [-0.05, 0) is 6.07 Å². The van der Waals surface area contributed by atoms with Gasteiger partial charge in [0.25, 0.3) is 5.91 Å². The lowest BCUT2D eigenvalue weighted by Crippen LogP contribution is -2.49. The highest BCUT2D eigenvalue weighted by Crippen LogP contribution is 2.18. The van der Waals surface area contributed by atoms with E-state index in [-0.39, 0.29) is 15.7 Å². The van der Waals surface area contributed by atoms with E-state index < -0.39 is 11.4 Å². The number of pyridine rings is 1. The van der Waals surface area contributed by atoms with Crippen LogP contribution in [0.2, 0.25) is 10.2 Å².